The summed E-state index contributed by atoms with van der Waals surface area (Å²) in [5.41, 5.74) is 3.13. The minimum atomic E-state index is -0.669. The second-order valence-electron chi connectivity index (χ2n) is 3.18. The van der Waals surface area contributed by atoms with E-state index in [0.29, 0.717) is 17.0 Å². The number of benzene rings is 1. The van der Waals surface area contributed by atoms with E-state index in [1.807, 2.05) is 0 Å². The summed E-state index contributed by atoms with van der Waals surface area (Å²) < 4.78 is 9.32. The second-order valence-corrected chi connectivity index (χ2v) is 3.18. The highest BCUT2D eigenvalue weighted by Crippen LogP contribution is 2.23. The molecular formula is C11H14N2O4. The molecule has 6 nitrogen and oxygen atoms in total. The van der Waals surface area contributed by atoms with E-state index in [0.717, 1.165) is 0 Å². The van der Waals surface area contributed by atoms with Crippen molar-refractivity contribution in [2.24, 2.45) is 5.10 Å². The SMILES string of the molecule is COC(=O)N/N=C(\C)c1ccc(OC)cc1O. The van der Waals surface area contributed by atoms with Crippen LogP contribution in [0.4, 0.5) is 4.79 Å². The molecule has 1 aromatic rings. The van der Waals surface area contributed by atoms with Gasteiger partial charge in [0.2, 0.25) is 0 Å². The predicted octanol–water partition coefficient (Wildman–Crippen LogP) is 1.48. The number of hydrogen-bond acceptors (Lipinski definition) is 5. The molecule has 0 aliphatic rings. The van der Waals surface area contributed by atoms with Crippen LogP contribution in [-0.4, -0.2) is 31.1 Å². The fourth-order valence-electron chi connectivity index (χ4n) is 1.18. The van der Waals surface area contributed by atoms with E-state index in [2.05, 4.69) is 15.3 Å². The first-order chi connectivity index (χ1) is 8.08. The molecular weight excluding hydrogens is 224 g/mol. The third kappa shape index (κ3) is 3.37. The summed E-state index contributed by atoms with van der Waals surface area (Å²) >= 11 is 0. The van der Waals surface area contributed by atoms with Gasteiger partial charge in [-0.1, -0.05) is 0 Å². The number of ether oxygens (including phenoxy) is 2. The molecule has 1 amide bonds. The van der Waals surface area contributed by atoms with Crippen molar-refractivity contribution in [3.63, 3.8) is 0 Å². The highest BCUT2D eigenvalue weighted by Gasteiger charge is 2.06. The first-order valence-corrected chi connectivity index (χ1v) is 4.84. The predicted molar refractivity (Wildman–Crippen MR) is 62.4 cm³/mol. The number of nitrogens with zero attached hydrogens (tertiary/aromatic N) is 1. The zero-order valence-electron chi connectivity index (χ0n) is 9.85. The van der Waals surface area contributed by atoms with E-state index in [-0.39, 0.29) is 5.75 Å². The number of hydrogen-bond donors (Lipinski definition) is 2. The Kier molecular flexibility index (Phi) is 4.33. The monoisotopic (exact) mass is 238 g/mol. The third-order valence-corrected chi connectivity index (χ3v) is 2.09. The highest BCUT2D eigenvalue weighted by atomic mass is 16.5. The second kappa shape index (κ2) is 5.74. The lowest BCUT2D eigenvalue weighted by atomic mass is 10.1. The number of aromatic hydroxyl groups is 1. The zero-order valence-corrected chi connectivity index (χ0v) is 9.85. The Morgan fingerprint density at radius 1 is 1.41 bits per heavy atom. The Balaban J connectivity index is 2.88. The van der Waals surface area contributed by atoms with Crippen LogP contribution < -0.4 is 10.2 Å². The summed E-state index contributed by atoms with van der Waals surface area (Å²) in [4.78, 5) is 10.8. The van der Waals surface area contributed by atoms with Crippen LogP contribution >= 0.6 is 0 Å². The Morgan fingerprint density at radius 3 is 2.65 bits per heavy atom. The van der Waals surface area contributed by atoms with Crippen molar-refractivity contribution >= 4 is 11.8 Å². The Morgan fingerprint density at radius 2 is 2.12 bits per heavy atom. The maximum atomic E-state index is 10.8. The average Bonchev–Trinajstić information content (AvgIpc) is 2.35. The lowest BCUT2D eigenvalue weighted by Gasteiger charge is -2.06. The molecule has 0 unspecified atom stereocenters. The molecule has 2 N–H and O–H groups in total. The lowest BCUT2D eigenvalue weighted by Crippen LogP contribution is -2.18. The number of phenolic OH excluding ortho intramolecular Hbond substituents is 1. The standard InChI is InChI=1S/C11H14N2O4/c1-7(12-13-11(15)17-3)9-5-4-8(16-2)6-10(9)14/h4-6,14H,1-3H3,(H,13,15)/b12-7+. The normalized spacial score (nSPS) is 10.9. The number of carbonyl (C=O) groups excluding carboxylic acids is 1. The third-order valence-electron chi connectivity index (χ3n) is 2.09. The molecule has 1 rings (SSSR count). The van der Waals surface area contributed by atoms with Crippen LogP contribution in [0.15, 0.2) is 23.3 Å². The van der Waals surface area contributed by atoms with Crippen molar-refractivity contribution in [2.75, 3.05) is 14.2 Å². The first kappa shape index (κ1) is 12.8. The highest BCUT2D eigenvalue weighted by molar-refractivity contribution is 6.01. The number of carbonyl (C=O) groups is 1. The van der Waals surface area contributed by atoms with Crippen LogP contribution in [0.1, 0.15) is 12.5 Å². The van der Waals surface area contributed by atoms with Gasteiger partial charge in [0.25, 0.3) is 0 Å². The molecule has 0 aliphatic carbocycles. The molecule has 0 saturated heterocycles. The van der Waals surface area contributed by atoms with Gasteiger partial charge < -0.3 is 14.6 Å². The van der Waals surface area contributed by atoms with Crippen LogP contribution in [0.25, 0.3) is 0 Å². The van der Waals surface area contributed by atoms with E-state index in [1.54, 1.807) is 19.1 Å². The average molecular weight is 238 g/mol. The molecule has 17 heavy (non-hydrogen) atoms. The van der Waals surface area contributed by atoms with Crippen molar-refractivity contribution in [1.82, 2.24) is 5.43 Å². The summed E-state index contributed by atoms with van der Waals surface area (Å²) in [6.07, 6.45) is -0.669. The van der Waals surface area contributed by atoms with Crippen molar-refractivity contribution in [1.29, 1.82) is 0 Å². The largest absolute Gasteiger partial charge is 0.507 e. The minimum absolute atomic E-state index is 0.0252. The Hall–Kier alpha value is -2.24. The fraction of sp³-hybridized carbons (Fsp3) is 0.273. The molecule has 0 heterocycles. The summed E-state index contributed by atoms with van der Waals surface area (Å²) in [5.74, 6) is 0.567. The van der Waals surface area contributed by atoms with E-state index >= 15 is 0 Å². The maximum absolute atomic E-state index is 10.8. The molecule has 6 heteroatoms. The number of amides is 1. The molecule has 0 spiro atoms. The van der Waals surface area contributed by atoms with Crippen LogP contribution in [0.2, 0.25) is 0 Å². The van der Waals surface area contributed by atoms with Gasteiger partial charge in [0.1, 0.15) is 11.5 Å². The molecule has 0 aromatic heterocycles. The fourth-order valence-corrected chi connectivity index (χ4v) is 1.18. The van der Waals surface area contributed by atoms with Crippen LogP contribution in [0, 0.1) is 0 Å². The Bertz CT molecular complexity index is 443. The van der Waals surface area contributed by atoms with Crippen LogP contribution in [0.3, 0.4) is 0 Å². The van der Waals surface area contributed by atoms with Crippen LogP contribution in [0.5, 0.6) is 11.5 Å². The lowest BCUT2D eigenvalue weighted by molar-refractivity contribution is 0.171. The number of phenols is 1. The van der Waals surface area contributed by atoms with Gasteiger partial charge in [-0.3, -0.25) is 0 Å². The van der Waals surface area contributed by atoms with E-state index in [4.69, 9.17) is 4.74 Å². The van der Waals surface area contributed by atoms with E-state index < -0.39 is 6.09 Å². The summed E-state index contributed by atoms with van der Waals surface area (Å²) in [6, 6.07) is 4.80. The molecule has 0 fully saturated rings. The summed E-state index contributed by atoms with van der Waals surface area (Å²) in [6.45, 7) is 1.65. The topological polar surface area (TPSA) is 80.2 Å². The molecule has 0 aliphatic heterocycles. The van der Waals surface area contributed by atoms with Gasteiger partial charge in [-0.2, -0.15) is 5.10 Å². The van der Waals surface area contributed by atoms with Gasteiger partial charge in [-0.25, -0.2) is 10.2 Å². The van der Waals surface area contributed by atoms with Crippen molar-refractivity contribution in [3.8, 4) is 11.5 Å². The summed E-state index contributed by atoms with van der Waals surface area (Å²) in [7, 11) is 2.75. The van der Waals surface area contributed by atoms with Crippen LogP contribution in [-0.2, 0) is 4.74 Å². The van der Waals surface area contributed by atoms with Gasteiger partial charge in [-0.05, 0) is 19.1 Å². The first-order valence-electron chi connectivity index (χ1n) is 4.84. The molecule has 1 aromatic carbocycles. The Labute approximate surface area is 98.9 Å². The van der Waals surface area contributed by atoms with E-state index in [9.17, 15) is 9.90 Å². The van der Waals surface area contributed by atoms with Gasteiger partial charge in [0.15, 0.2) is 0 Å². The number of rotatable bonds is 3. The van der Waals surface area contributed by atoms with E-state index in [1.165, 1.54) is 20.3 Å². The molecule has 0 atom stereocenters. The van der Waals surface area contributed by atoms with Gasteiger partial charge in [0.05, 0.1) is 19.9 Å². The van der Waals surface area contributed by atoms with Crippen molar-refractivity contribution in [2.45, 2.75) is 6.92 Å². The molecule has 0 saturated carbocycles. The smallest absolute Gasteiger partial charge is 0.427 e. The quantitative estimate of drug-likeness (QED) is 0.617. The van der Waals surface area contributed by atoms with Gasteiger partial charge >= 0.3 is 6.09 Å². The number of nitrogens with one attached hydrogen (secondary N) is 1. The minimum Gasteiger partial charge on any atom is -0.507 e. The zero-order chi connectivity index (χ0) is 12.8. The maximum Gasteiger partial charge on any atom is 0.427 e. The molecule has 0 radical (unpaired) electrons. The van der Waals surface area contributed by atoms with Crippen molar-refractivity contribution in [3.05, 3.63) is 23.8 Å². The van der Waals surface area contributed by atoms with Crippen molar-refractivity contribution < 1.29 is 19.4 Å². The number of methoxy groups -OCH3 is 2. The summed E-state index contributed by atoms with van der Waals surface area (Å²) in [5, 5.41) is 13.5. The number of hydrazone groups is 1. The molecule has 0 bridgehead atoms. The van der Waals surface area contributed by atoms with Gasteiger partial charge in [-0.15, -0.1) is 0 Å². The molecule has 92 valence electrons. The van der Waals surface area contributed by atoms with Gasteiger partial charge in [0, 0.05) is 11.6 Å².